The molecule has 0 aromatic heterocycles. The van der Waals surface area contributed by atoms with E-state index in [0.717, 1.165) is 0 Å². The fourth-order valence-electron chi connectivity index (χ4n) is 1.49. The molecule has 0 spiro atoms. The molecular weight excluding hydrogens is 258 g/mol. The summed E-state index contributed by atoms with van der Waals surface area (Å²) in [5.41, 5.74) is 0.367. The zero-order valence-corrected chi connectivity index (χ0v) is 11.0. The number of benzene rings is 1. The molecule has 20 heavy (non-hydrogen) atoms. The lowest BCUT2D eigenvalue weighted by Gasteiger charge is -2.12. The fraction of sp³-hybridized carbons (Fsp3) is 0.200. The molecule has 1 unspecified atom stereocenters. The maximum atomic E-state index is 11.9. The van der Waals surface area contributed by atoms with E-state index in [0.29, 0.717) is 17.9 Å². The molecule has 1 amide bonds. The number of rotatable bonds is 8. The summed E-state index contributed by atoms with van der Waals surface area (Å²) < 4.78 is 5.29. The van der Waals surface area contributed by atoms with Crippen molar-refractivity contribution in [2.75, 3.05) is 6.61 Å². The lowest BCUT2D eigenvalue weighted by molar-refractivity contribution is -0.139. The first-order chi connectivity index (χ1) is 9.58. The third-order valence-electron chi connectivity index (χ3n) is 2.49. The van der Waals surface area contributed by atoms with Crippen molar-refractivity contribution in [2.45, 2.75) is 12.5 Å². The van der Waals surface area contributed by atoms with Crippen molar-refractivity contribution in [1.29, 1.82) is 0 Å². The summed E-state index contributed by atoms with van der Waals surface area (Å²) in [6.45, 7) is 7.38. The second-order valence-corrected chi connectivity index (χ2v) is 4.01. The Balaban J connectivity index is 2.69. The Morgan fingerprint density at radius 2 is 1.90 bits per heavy atom. The van der Waals surface area contributed by atoms with Crippen LogP contribution < -0.4 is 10.1 Å². The van der Waals surface area contributed by atoms with Crippen LogP contribution in [0, 0.1) is 0 Å². The van der Waals surface area contributed by atoms with Gasteiger partial charge in [0.2, 0.25) is 0 Å². The Bertz CT molecular complexity index is 493. The zero-order chi connectivity index (χ0) is 15.0. The van der Waals surface area contributed by atoms with E-state index in [1.54, 1.807) is 30.3 Å². The van der Waals surface area contributed by atoms with Crippen LogP contribution >= 0.6 is 0 Å². The molecular formula is C15H17NO4. The maximum Gasteiger partial charge on any atom is 0.326 e. The summed E-state index contributed by atoms with van der Waals surface area (Å²) in [6.07, 6.45) is 3.24. The average molecular weight is 275 g/mol. The molecule has 0 saturated heterocycles. The first kappa shape index (κ1) is 15.5. The number of ether oxygens (including phenoxy) is 1. The molecule has 5 nitrogen and oxygen atoms in total. The number of carboxylic acids is 1. The summed E-state index contributed by atoms with van der Waals surface area (Å²) in [6, 6.07) is 5.45. The van der Waals surface area contributed by atoms with Crippen molar-refractivity contribution in [3.63, 3.8) is 0 Å². The van der Waals surface area contributed by atoms with Gasteiger partial charge < -0.3 is 15.2 Å². The molecule has 0 heterocycles. The minimum absolute atomic E-state index is 0.168. The SMILES string of the molecule is C=CCOc1ccc(C(=O)NC(CC=C)C(=O)O)cc1. The van der Waals surface area contributed by atoms with Crippen LogP contribution in [0.3, 0.4) is 0 Å². The highest BCUT2D eigenvalue weighted by molar-refractivity contribution is 5.96. The average Bonchev–Trinajstić information content (AvgIpc) is 2.45. The van der Waals surface area contributed by atoms with Crippen molar-refractivity contribution in [1.82, 2.24) is 5.32 Å². The van der Waals surface area contributed by atoms with Crippen LogP contribution in [0.1, 0.15) is 16.8 Å². The van der Waals surface area contributed by atoms with Crippen LogP contribution in [0.4, 0.5) is 0 Å². The molecule has 106 valence electrons. The van der Waals surface area contributed by atoms with Gasteiger partial charge in [-0.2, -0.15) is 0 Å². The Hall–Kier alpha value is -2.56. The van der Waals surface area contributed by atoms with Crippen LogP contribution in [0.5, 0.6) is 5.75 Å². The van der Waals surface area contributed by atoms with E-state index in [2.05, 4.69) is 18.5 Å². The number of hydrogen-bond donors (Lipinski definition) is 2. The summed E-state index contributed by atoms with van der Waals surface area (Å²) in [7, 11) is 0. The standard InChI is InChI=1S/C15H17NO4/c1-3-5-13(15(18)19)16-14(17)11-6-8-12(9-7-11)20-10-4-2/h3-4,6-9,13H,1-2,5,10H2,(H,16,17)(H,18,19). The van der Waals surface area contributed by atoms with Gasteiger partial charge in [0.15, 0.2) is 0 Å². The normalized spacial score (nSPS) is 11.2. The molecule has 2 N–H and O–H groups in total. The van der Waals surface area contributed by atoms with E-state index in [-0.39, 0.29) is 6.42 Å². The molecule has 1 aromatic carbocycles. The monoisotopic (exact) mass is 275 g/mol. The minimum atomic E-state index is -1.09. The molecule has 0 saturated carbocycles. The van der Waals surface area contributed by atoms with Gasteiger partial charge in [-0.15, -0.1) is 6.58 Å². The minimum Gasteiger partial charge on any atom is -0.490 e. The molecule has 0 aliphatic heterocycles. The number of carbonyl (C=O) groups excluding carboxylic acids is 1. The van der Waals surface area contributed by atoms with Crippen molar-refractivity contribution < 1.29 is 19.4 Å². The molecule has 0 radical (unpaired) electrons. The van der Waals surface area contributed by atoms with Crippen LogP contribution in [-0.2, 0) is 4.79 Å². The zero-order valence-electron chi connectivity index (χ0n) is 11.0. The Kier molecular flexibility index (Phi) is 6.03. The summed E-state index contributed by atoms with van der Waals surface area (Å²) in [4.78, 5) is 22.8. The number of carboxylic acid groups (broad SMARTS) is 1. The predicted octanol–water partition coefficient (Wildman–Crippen LogP) is 2.01. The highest BCUT2D eigenvalue weighted by Crippen LogP contribution is 2.12. The number of aliphatic carboxylic acids is 1. The fourth-order valence-corrected chi connectivity index (χ4v) is 1.49. The van der Waals surface area contributed by atoms with E-state index in [9.17, 15) is 9.59 Å². The molecule has 1 aromatic rings. The van der Waals surface area contributed by atoms with E-state index in [1.807, 2.05) is 0 Å². The first-order valence-electron chi connectivity index (χ1n) is 6.06. The van der Waals surface area contributed by atoms with Crippen LogP contribution in [0.25, 0.3) is 0 Å². The summed E-state index contributed by atoms with van der Waals surface area (Å²) in [5, 5.41) is 11.4. The van der Waals surface area contributed by atoms with E-state index in [4.69, 9.17) is 9.84 Å². The van der Waals surface area contributed by atoms with Crippen molar-refractivity contribution in [2.24, 2.45) is 0 Å². The van der Waals surface area contributed by atoms with Gasteiger partial charge in [0.25, 0.3) is 5.91 Å². The van der Waals surface area contributed by atoms with Gasteiger partial charge in [0.1, 0.15) is 18.4 Å². The lowest BCUT2D eigenvalue weighted by atomic mass is 10.1. The second kappa shape index (κ2) is 7.78. The van der Waals surface area contributed by atoms with Crippen molar-refractivity contribution >= 4 is 11.9 Å². The van der Waals surface area contributed by atoms with Gasteiger partial charge in [-0.25, -0.2) is 4.79 Å². The molecule has 0 fully saturated rings. The number of hydrogen-bond acceptors (Lipinski definition) is 3. The lowest BCUT2D eigenvalue weighted by Crippen LogP contribution is -2.40. The summed E-state index contributed by atoms with van der Waals surface area (Å²) >= 11 is 0. The highest BCUT2D eigenvalue weighted by atomic mass is 16.5. The van der Waals surface area contributed by atoms with Gasteiger partial charge in [0, 0.05) is 5.56 Å². The molecule has 1 atom stereocenters. The topological polar surface area (TPSA) is 75.6 Å². The first-order valence-corrected chi connectivity index (χ1v) is 6.06. The van der Waals surface area contributed by atoms with Gasteiger partial charge in [0.05, 0.1) is 0 Å². The van der Waals surface area contributed by atoms with E-state index in [1.165, 1.54) is 6.08 Å². The Morgan fingerprint density at radius 1 is 1.25 bits per heavy atom. The van der Waals surface area contributed by atoms with Crippen molar-refractivity contribution in [3.05, 3.63) is 55.1 Å². The number of nitrogens with one attached hydrogen (secondary N) is 1. The maximum absolute atomic E-state index is 11.9. The third kappa shape index (κ3) is 4.61. The van der Waals surface area contributed by atoms with E-state index >= 15 is 0 Å². The largest absolute Gasteiger partial charge is 0.490 e. The van der Waals surface area contributed by atoms with Gasteiger partial charge in [-0.1, -0.05) is 18.7 Å². The highest BCUT2D eigenvalue weighted by Gasteiger charge is 2.18. The molecule has 0 aliphatic carbocycles. The van der Waals surface area contributed by atoms with E-state index < -0.39 is 17.9 Å². The molecule has 0 bridgehead atoms. The second-order valence-electron chi connectivity index (χ2n) is 4.01. The van der Waals surface area contributed by atoms with Crippen LogP contribution in [0.2, 0.25) is 0 Å². The molecule has 0 aliphatic rings. The van der Waals surface area contributed by atoms with Crippen LogP contribution in [0.15, 0.2) is 49.6 Å². The Labute approximate surface area is 117 Å². The molecule has 5 heteroatoms. The van der Waals surface area contributed by atoms with Crippen molar-refractivity contribution in [3.8, 4) is 5.75 Å². The van der Waals surface area contributed by atoms with Gasteiger partial charge in [-0.05, 0) is 30.7 Å². The Morgan fingerprint density at radius 3 is 2.40 bits per heavy atom. The van der Waals surface area contributed by atoms with Crippen LogP contribution in [-0.4, -0.2) is 29.6 Å². The molecule has 1 rings (SSSR count). The summed E-state index contributed by atoms with van der Waals surface area (Å²) in [5.74, 6) is -0.930. The third-order valence-corrected chi connectivity index (χ3v) is 2.49. The number of carbonyl (C=O) groups is 2. The van der Waals surface area contributed by atoms with Gasteiger partial charge in [-0.3, -0.25) is 4.79 Å². The smallest absolute Gasteiger partial charge is 0.326 e. The van der Waals surface area contributed by atoms with Gasteiger partial charge >= 0.3 is 5.97 Å². The quantitative estimate of drug-likeness (QED) is 0.712. The number of amides is 1. The predicted molar refractivity (Wildman–Crippen MR) is 75.8 cm³/mol.